The van der Waals surface area contributed by atoms with Crippen LogP contribution in [0.25, 0.3) is 11.3 Å². The molecule has 186 valence electrons. The van der Waals surface area contributed by atoms with E-state index in [0.717, 1.165) is 23.3 Å². The Bertz CT molecular complexity index is 1330. The smallest absolute Gasteiger partial charge is 0.416 e. The van der Waals surface area contributed by atoms with Crippen molar-refractivity contribution in [1.29, 1.82) is 0 Å². The predicted octanol–water partition coefficient (Wildman–Crippen LogP) is 7.56. The van der Waals surface area contributed by atoms with E-state index >= 15 is 0 Å². The van der Waals surface area contributed by atoms with Gasteiger partial charge in [-0.25, -0.2) is 0 Å². The van der Waals surface area contributed by atoms with Crippen molar-refractivity contribution in [3.63, 3.8) is 0 Å². The summed E-state index contributed by atoms with van der Waals surface area (Å²) in [4.78, 5) is 0. The van der Waals surface area contributed by atoms with Crippen LogP contribution < -0.4 is 0 Å². The number of benzene rings is 3. The van der Waals surface area contributed by atoms with Gasteiger partial charge in [0.25, 0.3) is 0 Å². The molecule has 3 aromatic carbocycles. The summed E-state index contributed by atoms with van der Waals surface area (Å²) in [5.74, 6) is 0.658. The van der Waals surface area contributed by atoms with Gasteiger partial charge >= 0.3 is 6.18 Å². The topological polar surface area (TPSA) is 49.1 Å². The molecule has 0 bridgehead atoms. The first-order chi connectivity index (χ1) is 17.1. The van der Waals surface area contributed by atoms with E-state index in [-0.39, 0.29) is 5.76 Å². The highest BCUT2D eigenvalue weighted by Crippen LogP contribution is 2.54. The molecule has 0 spiro atoms. The maximum atomic E-state index is 13.3. The molecule has 7 heteroatoms. The van der Waals surface area contributed by atoms with Gasteiger partial charge in [0, 0.05) is 5.56 Å². The molecule has 0 aliphatic carbocycles. The van der Waals surface area contributed by atoms with Gasteiger partial charge in [0.15, 0.2) is 0 Å². The summed E-state index contributed by atoms with van der Waals surface area (Å²) in [6.45, 7) is 4.14. The molecule has 36 heavy (non-hydrogen) atoms. The Morgan fingerprint density at radius 3 is 2.06 bits per heavy atom. The third-order valence-electron chi connectivity index (χ3n) is 6.83. The molecule has 4 aromatic rings. The van der Waals surface area contributed by atoms with Gasteiger partial charge in [0.2, 0.25) is 0 Å². The van der Waals surface area contributed by atoms with Crippen LogP contribution in [0.5, 0.6) is 0 Å². The van der Waals surface area contributed by atoms with Gasteiger partial charge in [-0.1, -0.05) is 72.8 Å². The molecular weight excluding hydrogens is 467 g/mol. The average Bonchev–Trinajstić information content (AvgIpc) is 3.53. The molecule has 0 radical (unpaired) electrons. The molecule has 1 aliphatic rings. The lowest BCUT2D eigenvalue weighted by Crippen LogP contribution is -2.46. The van der Waals surface area contributed by atoms with E-state index in [4.69, 9.17) is 9.15 Å². The lowest BCUT2D eigenvalue weighted by Gasteiger charge is -2.41. The minimum Gasteiger partial charge on any atom is -0.459 e. The van der Waals surface area contributed by atoms with E-state index in [1.54, 1.807) is 18.2 Å². The Balaban J connectivity index is 1.59. The fraction of sp³-hybridized carbons (Fsp3) is 0.241. The highest BCUT2D eigenvalue weighted by Gasteiger charge is 2.59. The summed E-state index contributed by atoms with van der Waals surface area (Å²) in [6.07, 6.45) is -4.46. The van der Waals surface area contributed by atoms with Crippen molar-refractivity contribution in [3.05, 3.63) is 120 Å². The molecule has 1 saturated heterocycles. The van der Waals surface area contributed by atoms with E-state index in [1.807, 2.05) is 74.5 Å². The Hall–Kier alpha value is -3.39. The normalized spacial score (nSPS) is 18.9. The number of hydrogen-bond donors (Lipinski definition) is 1. The molecule has 2 heterocycles. The second kappa shape index (κ2) is 8.92. The van der Waals surface area contributed by atoms with Crippen molar-refractivity contribution in [1.82, 2.24) is 5.06 Å². The fourth-order valence-corrected chi connectivity index (χ4v) is 4.63. The van der Waals surface area contributed by atoms with Crippen LogP contribution in [0, 0.1) is 0 Å². The number of furan rings is 1. The van der Waals surface area contributed by atoms with E-state index < -0.39 is 28.9 Å². The average molecular weight is 494 g/mol. The summed E-state index contributed by atoms with van der Waals surface area (Å²) < 4.78 is 52.0. The summed E-state index contributed by atoms with van der Waals surface area (Å²) in [7, 11) is 0. The van der Waals surface area contributed by atoms with Gasteiger partial charge in [-0.3, -0.25) is 0 Å². The first kappa shape index (κ1) is 24.3. The number of rotatable bonds is 7. The SMILES string of the molecule is CC(C)(c1ccccc1)N(O)[C@H](c1ccc(-c2cccc(C(F)(F)F)c2)o1)[C@@]1(c2ccccc2)CO1. The van der Waals surface area contributed by atoms with Crippen molar-refractivity contribution in [3.8, 4) is 11.3 Å². The van der Waals surface area contributed by atoms with E-state index in [2.05, 4.69) is 0 Å². The van der Waals surface area contributed by atoms with Gasteiger partial charge < -0.3 is 14.4 Å². The highest BCUT2D eigenvalue weighted by atomic mass is 19.4. The number of epoxide rings is 1. The minimum absolute atomic E-state index is 0.274. The van der Waals surface area contributed by atoms with Crippen LogP contribution in [0.1, 0.15) is 42.3 Å². The van der Waals surface area contributed by atoms with Crippen molar-refractivity contribution in [2.45, 2.75) is 37.2 Å². The van der Waals surface area contributed by atoms with Gasteiger partial charge in [0.05, 0.1) is 17.7 Å². The Kier molecular flexibility index (Phi) is 6.03. The molecule has 1 aromatic heterocycles. The van der Waals surface area contributed by atoms with Crippen LogP contribution in [-0.4, -0.2) is 16.9 Å². The molecule has 1 aliphatic heterocycles. The van der Waals surface area contributed by atoms with Crippen molar-refractivity contribution >= 4 is 0 Å². The molecule has 0 saturated carbocycles. The molecule has 1 N–H and O–H groups in total. The number of ether oxygens (including phenoxy) is 1. The Morgan fingerprint density at radius 1 is 0.833 bits per heavy atom. The molecule has 5 rings (SSSR count). The molecule has 0 unspecified atom stereocenters. The van der Waals surface area contributed by atoms with Gasteiger partial charge in [-0.2, -0.15) is 18.2 Å². The lowest BCUT2D eigenvalue weighted by molar-refractivity contribution is -0.219. The standard InChI is InChI=1S/C29H26F3NO3/c1-27(2,21-11-5-3-6-12-21)33(34)26(28(19-35-28)22-13-7-4-8-14-22)25-17-16-24(36-25)20-10-9-15-23(18-20)29(30,31)32/h3-18,26,34H,19H2,1-2H3/t26-,28+/m1/s1. The maximum absolute atomic E-state index is 13.3. The Morgan fingerprint density at radius 2 is 1.44 bits per heavy atom. The number of hydrogen-bond acceptors (Lipinski definition) is 4. The van der Waals surface area contributed by atoms with Crippen LogP contribution in [-0.2, 0) is 22.1 Å². The third kappa shape index (κ3) is 4.34. The van der Waals surface area contributed by atoms with Crippen molar-refractivity contribution < 1.29 is 27.5 Å². The van der Waals surface area contributed by atoms with Crippen LogP contribution in [0.15, 0.2) is 101 Å². The Labute approximate surface area is 207 Å². The highest BCUT2D eigenvalue weighted by molar-refractivity contribution is 5.59. The van der Waals surface area contributed by atoms with Crippen LogP contribution in [0.3, 0.4) is 0 Å². The van der Waals surface area contributed by atoms with E-state index in [1.165, 1.54) is 11.1 Å². The second-order valence-electron chi connectivity index (χ2n) is 9.50. The van der Waals surface area contributed by atoms with Crippen molar-refractivity contribution in [2.75, 3.05) is 6.61 Å². The first-order valence-corrected chi connectivity index (χ1v) is 11.6. The number of nitrogens with zero attached hydrogens (tertiary/aromatic N) is 1. The number of halogens is 3. The summed E-state index contributed by atoms with van der Waals surface area (Å²) in [6, 6.07) is 26.7. The minimum atomic E-state index is -4.46. The molecule has 4 nitrogen and oxygen atoms in total. The van der Waals surface area contributed by atoms with Gasteiger partial charge in [-0.15, -0.1) is 0 Å². The summed E-state index contributed by atoms with van der Waals surface area (Å²) in [5, 5.41) is 13.0. The molecule has 0 amide bonds. The maximum Gasteiger partial charge on any atom is 0.416 e. The summed E-state index contributed by atoms with van der Waals surface area (Å²) in [5.41, 5.74) is -0.434. The van der Waals surface area contributed by atoms with Crippen molar-refractivity contribution in [2.24, 2.45) is 0 Å². The van der Waals surface area contributed by atoms with E-state index in [0.29, 0.717) is 17.9 Å². The molecule has 1 fully saturated rings. The third-order valence-corrected chi connectivity index (χ3v) is 6.83. The largest absolute Gasteiger partial charge is 0.459 e. The predicted molar refractivity (Wildman–Crippen MR) is 129 cm³/mol. The number of hydroxylamine groups is 2. The zero-order valence-corrected chi connectivity index (χ0v) is 19.9. The monoisotopic (exact) mass is 493 g/mol. The molecule has 2 atom stereocenters. The quantitative estimate of drug-likeness (QED) is 0.213. The zero-order valence-electron chi connectivity index (χ0n) is 19.9. The fourth-order valence-electron chi connectivity index (χ4n) is 4.63. The van der Waals surface area contributed by atoms with Crippen LogP contribution in [0.2, 0.25) is 0 Å². The van der Waals surface area contributed by atoms with Crippen LogP contribution in [0.4, 0.5) is 13.2 Å². The second-order valence-corrected chi connectivity index (χ2v) is 9.50. The van der Waals surface area contributed by atoms with Gasteiger partial charge in [-0.05, 0) is 49.2 Å². The van der Waals surface area contributed by atoms with Gasteiger partial charge in [0.1, 0.15) is 23.2 Å². The summed E-state index contributed by atoms with van der Waals surface area (Å²) >= 11 is 0. The first-order valence-electron chi connectivity index (χ1n) is 11.6. The zero-order chi connectivity index (χ0) is 25.6. The van der Waals surface area contributed by atoms with E-state index in [9.17, 15) is 18.4 Å². The van der Waals surface area contributed by atoms with Crippen LogP contribution >= 0.6 is 0 Å². The molecular formula is C29H26F3NO3. The lowest BCUT2D eigenvalue weighted by atomic mass is 9.85. The number of alkyl halides is 3.